The van der Waals surface area contributed by atoms with Gasteiger partial charge in [-0.25, -0.2) is 0 Å². The molecule has 1 amide bonds. The number of carbonyl (C=O) groups excluding carboxylic acids is 1. The third-order valence-corrected chi connectivity index (χ3v) is 2.24. The summed E-state index contributed by atoms with van der Waals surface area (Å²) in [5.74, 6) is 0.0151. The number of rotatable bonds is 5. The molecule has 88 valence electrons. The summed E-state index contributed by atoms with van der Waals surface area (Å²) in [6.07, 6.45) is 2.38. The minimum absolute atomic E-state index is 0.0151. The van der Waals surface area contributed by atoms with Crippen molar-refractivity contribution in [2.75, 3.05) is 27.2 Å². The molecule has 0 spiro atoms. The zero-order chi connectivity index (χ0) is 12.1. The minimum atomic E-state index is -0.127. The molecule has 0 saturated carbocycles. The molecule has 0 radical (unpaired) electrons. The van der Waals surface area contributed by atoms with Crippen molar-refractivity contribution in [1.29, 1.82) is 0 Å². The smallest absolute Gasteiger partial charge is 0.246 e. The average molecular weight is 212 g/mol. The van der Waals surface area contributed by atoms with Gasteiger partial charge in [-0.15, -0.1) is 0 Å². The van der Waals surface area contributed by atoms with Gasteiger partial charge in [0.15, 0.2) is 0 Å². The zero-order valence-electron chi connectivity index (χ0n) is 10.7. The van der Waals surface area contributed by atoms with Crippen LogP contribution in [0.2, 0.25) is 0 Å². The quantitative estimate of drug-likeness (QED) is 0.648. The molecule has 3 heteroatoms. The van der Waals surface area contributed by atoms with Crippen molar-refractivity contribution in [3.05, 3.63) is 12.7 Å². The molecule has 15 heavy (non-hydrogen) atoms. The molecule has 0 aromatic heterocycles. The number of nitrogens with zero attached hydrogens (tertiary/aromatic N) is 2. The fourth-order valence-electron chi connectivity index (χ4n) is 1.43. The number of carbonyl (C=O) groups is 1. The highest BCUT2D eigenvalue weighted by Gasteiger charge is 2.23. The molecule has 0 bridgehead atoms. The van der Waals surface area contributed by atoms with Gasteiger partial charge in [0.25, 0.3) is 0 Å². The highest BCUT2D eigenvalue weighted by atomic mass is 16.2. The van der Waals surface area contributed by atoms with Crippen molar-refractivity contribution in [2.45, 2.75) is 32.7 Å². The summed E-state index contributed by atoms with van der Waals surface area (Å²) in [6, 6.07) is 0. The fourth-order valence-corrected chi connectivity index (χ4v) is 1.43. The Bertz CT molecular complexity index is 216. The number of hydrogen-bond donors (Lipinski definition) is 0. The summed E-state index contributed by atoms with van der Waals surface area (Å²) in [5, 5.41) is 0. The number of hydrogen-bond acceptors (Lipinski definition) is 2. The first-order valence-corrected chi connectivity index (χ1v) is 5.38. The van der Waals surface area contributed by atoms with Crippen LogP contribution in [0.4, 0.5) is 0 Å². The molecule has 0 fully saturated rings. The van der Waals surface area contributed by atoms with Gasteiger partial charge in [-0.3, -0.25) is 4.79 Å². The van der Waals surface area contributed by atoms with E-state index in [9.17, 15) is 4.79 Å². The van der Waals surface area contributed by atoms with E-state index in [1.165, 1.54) is 6.08 Å². The third kappa shape index (κ3) is 5.57. The first-order valence-electron chi connectivity index (χ1n) is 5.38. The highest BCUT2D eigenvalue weighted by Crippen LogP contribution is 2.14. The van der Waals surface area contributed by atoms with Crippen LogP contribution in [-0.4, -0.2) is 48.4 Å². The summed E-state index contributed by atoms with van der Waals surface area (Å²) in [5.41, 5.74) is -0.127. The van der Waals surface area contributed by atoms with Gasteiger partial charge in [0.1, 0.15) is 0 Å². The molecule has 0 aliphatic rings. The van der Waals surface area contributed by atoms with Gasteiger partial charge >= 0.3 is 0 Å². The van der Waals surface area contributed by atoms with E-state index in [2.05, 4.69) is 11.5 Å². The molecule has 0 heterocycles. The summed E-state index contributed by atoms with van der Waals surface area (Å²) < 4.78 is 0. The Kier molecular flexibility index (Phi) is 5.58. The van der Waals surface area contributed by atoms with Crippen LogP contribution < -0.4 is 0 Å². The predicted octanol–water partition coefficient (Wildman–Crippen LogP) is 1.75. The third-order valence-electron chi connectivity index (χ3n) is 2.24. The Hall–Kier alpha value is -0.830. The largest absolute Gasteiger partial charge is 0.334 e. The van der Waals surface area contributed by atoms with Crippen LogP contribution in [0.15, 0.2) is 12.7 Å². The summed E-state index contributed by atoms with van der Waals surface area (Å²) >= 11 is 0. The summed E-state index contributed by atoms with van der Waals surface area (Å²) in [6.45, 7) is 11.5. The highest BCUT2D eigenvalue weighted by molar-refractivity contribution is 5.87. The first-order chi connectivity index (χ1) is 6.79. The average Bonchev–Trinajstić information content (AvgIpc) is 2.09. The van der Waals surface area contributed by atoms with Gasteiger partial charge < -0.3 is 9.80 Å². The molecule has 0 unspecified atom stereocenters. The van der Waals surface area contributed by atoms with E-state index in [0.29, 0.717) is 0 Å². The molecule has 0 aromatic carbocycles. The summed E-state index contributed by atoms with van der Waals surface area (Å²) in [4.78, 5) is 15.6. The van der Waals surface area contributed by atoms with E-state index >= 15 is 0 Å². The van der Waals surface area contributed by atoms with Crippen LogP contribution in [0, 0.1) is 0 Å². The standard InChI is InChI=1S/C12H24N2O/c1-7-11(15)14(12(2,3)4)10-8-9-13(5)6/h7H,1,8-10H2,2-6H3. The topological polar surface area (TPSA) is 23.6 Å². The Balaban J connectivity index is 4.27. The second kappa shape index (κ2) is 5.91. The van der Waals surface area contributed by atoms with Gasteiger partial charge in [0.2, 0.25) is 5.91 Å². The van der Waals surface area contributed by atoms with E-state index in [1.807, 2.05) is 39.8 Å². The zero-order valence-corrected chi connectivity index (χ0v) is 10.7. The van der Waals surface area contributed by atoms with Crippen LogP contribution >= 0.6 is 0 Å². The van der Waals surface area contributed by atoms with Crippen LogP contribution in [0.25, 0.3) is 0 Å². The molecular formula is C12H24N2O. The second-order valence-corrected chi connectivity index (χ2v) is 5.02. The van der Waals surface area contributed by atoms with Gasteiger partial charge in [-0.05, 0) is 53.9 Å². The Morgan fingerprint density at radius 3 is 2.13 bits per heavy atom. The lowest BCUT2D eigenvalue weighted by Crippen LogP contribution is -2.45. The van der Waals surface area contributed by atoms with E-state index in [0.717, 1.165) is 19.5 Å². The lowest BCUT2D eigenvalue weighted by Gasteiger charge is -2.35. The summed E-state index contributed by atoms with van der Waals surface area (Å²) in [7, 11) is 4.08. The van der Waals surface area contributed by atoms with Crippen LogP contribution in [-0.2, 0) is 4.79 Å². The van der Waals surface area contributed by atoms with Crippen LogP contribution in [0.3, 0.4) is 0 Å². The van der Waals surface area contributed by atoms with E-state index in [4.69, 9.17) is 0 Å². The molecule has 0 N–H and O–H groups in total. The molecule has 0 saturated heterocycles. The Morgan fingerprint density at radius 1 is 1.27 bits per heavy atom. The normalized spacial score (nSPS) is 11.6. The fraction of sp³-hybridized carbons (Fsp3) is 0.750. The molecule has 0 aliphatic heterocycles. The number of amides is 1. The molecule has 0 atom stereocenters. The van der Waals surface area contributed by atoms with Crippen LogP contribution in [0.5, 0.6) is 0 Å². The monoisotopic (exact) mass is 212 g/mol. The van der Waals surface area contributed by atoms with Crippen molar-refractivity contribution in [3.63, 3.8) is 0 Å². The minimum Gasteiger partial charge on any atom is -0.334 e. The van der Waals surface area contributed by atoms with E-state index < -0.39 is 0 Å². The predicted molar refractivity (Wildman–Crippen MR) is 64.8 cm³/mol. The van der Waals surface area contributed by atoms with Gasteiger partial charge in [0, 0.05) is 12.1 Å². The molecule has 3 nitrogen and oxygen atoms in total. The van der Waals surface area contributed by atoms with E-state index in [1.54, 1.807) is 0 Å². The van der Waals surface area contributed by atoms with Gasteiger partial charge in [0.05, 0.1) is 0 Å². The maximum absolute atomic E-state index is 11.6. The first kappa shape index (κ1) is 14.2. The van der Waals surface area contributed by atoms with Crippen molar-refractivity contribution in [1.82, 2.24) is 9.80 Å². The van der Waals surface area contributed by atoms with Crippen molar-refractivity contribution >= 4 is 5.91 Å². The molecular weight excluding hydrogens is 188 g/mol. The Morgan fingerprint density at radius 2 is 1.80 bits per heavy atom. The van der Waals surface area contributed by atoms with Gasteiger partial charge in [-0.2, -0.15) is 0 Å². The lowest BCUT2D eigenvalue weighted by atomic mass is 10.1. The molecule has 0 aliphatic carbocycles. The Labute approximate surface area is 93.7 Å². The molecule has 0 rings (SSSR count). The second-order valence-electron chi connectivity index (χ2n) is 5.02. The SMILES string of the molecule is C=CC(=O)N(CCCN(C)C)C(C)(C)C. The van der Waals surface area contributed by atoms with Crippen molar-refractivity contribution < 1.29 is 4.79 Å². The maximum Gasteiger partial charge on any atom is 0.246 e. The lowest BCUT2D eigenvalue weighted by molar-refractivity contribution is -0.130. The van der Waals surface area contributed by atoms with Gasteiger partial charge in [-0.1, -0.05) is 6.58 Å². The molecule has 0 aromatic rings. The van der Waals surface area contributed by atoms with Crippen LogP contribution in [0.1, 0.15) is 27.2 Å². The maximum atomic E-state index is 11.6. The van der Waals surface area contributed by atoms with Crippen molar-refractivity contribution in [3.8, 4) is 0 Å². The van der Waals surface area contributed by atoms with Crippen molar-refractivity contribution in [2.24, 2.45) is 0 Å². The van der Waals surface area contributed by atoms with E-state index in [-0.39, 0.29) is 11.4 Å².